The summed E-state index contributed by atoms with van der Waals surface area (Å²) in [5, 5.41) is 10.8. The summed E-state index contributed by atoms with van der Waals surface area (Å²) < 4.78 is 2.55. The van der Waals surface area contributed by atoms with Gasteiger partial charge in [-0.15, -0.1) is 0 Å². The Labute approximate surface area is 157 Å². The quantitative estimate of drug-likeness (QED) is 0.592. The van der Waals surface area contributed by atoms with Crippen LogP contribution in [0.3, 0.4) is 0 Å². The van der Waals surface area contributed by atoms with E-state index >= 15 is 0 Å². The largest absolute Gasteiger partial charge is 0.478 e. The van der Waals surface area contributed by atoms with Crippen molar-refractivity contribution in [2.45, 2.75) is 6.54 Å². The van der Waals surface area contributed by atoms with E-state index in [9.17, 15) is 14.4 Å². The SMILES string of the molecule is O=C(O)c1ccc(Cn2c(=O)sn(-c3cccc4ccccc34)c2=O)cc1. The zero-order valence-corrected chi connectivity index (χ0v) is 14.8. The van der Waals surface area contributed by atoms with Gasteiger partial charge in [-0.3, -0.25) is 4.79 Å². The summed E-state index contributed by atoms with van der Waals surface area (Å²) in [6, 6.07) is 19.4. The van der Waals surface area contributed by atoms with E-state index in [1.807, 2.05) is 42.5 Å². The molecule has 0 atom stereocenters. The number of carboxylic acids is 1. The lowest BCUT2D eigenvalue weighted by atomic mass is 10.1. The highest BCUT2D eigenvalue weighted by molar-refractivity contribution is 7.04. The first-order chi connectivity index (χ1) is 13.0. The summed E-state index contributed by atoms with van der Waals surface area (Å²) in [5.74, 6) is -1.02. The fourth-order valence-corrected chi connectivity index (χ4v) is 3.79. The molecule has 0 unspecified atom stereocenters. The molecular weight excluding hydrogens is 364 g/mol. The minimum Gasteiger partial charge on any atom is -0.478 e. The molecule has 1 N–H and O–H groups in total. The number of hydrogen-bond donors (Lipinski definition) is 1. The standard InChI is InChI=1S/C20H14N2O4S/c23-18(24)15-10-8-13(9-11-15)12-21-19(25)22(27-20(21)26)17-7-3-5-14-4-1-2-6-16(14)17/h1-11H,12H2,(H,23,24). The lowest BCUT2D eigenvalue weighted by Crippen LogP contribution is -2.29. The molecule has 0 saturated carbocycles. The van der Waals surface area contributed by atoms with Gasteiger partial charge in [0.1, 0.15) is 0 Å². The molecule has 3 aromatic carbocycles. The second-order valence-electron chi connectivity index (χ2n) is 6.02. The molecule has 0 fully saturated rings. The molecule has 134 valence electrons. The summed E-state index contributed by atoms with van der Waals surface area (Å²) in [4.78, 5) is 35.8. The van der Waals surface area contributed by atoms with Gasteiger partial charge in [0.25, 0.3) is 0 Å². The van der Waals surface area contributed by atoms with E-state index in [1.165, 1.54) is 16.1 Å². The predicted molar refractivity (Wildman–Crippen MR) is 104 cm³/mol. The number of carbonyl (C=O) groups is 1. The first-order valence-electron chi connectivity index (χ1n) is 8.18. The minimum absolute atomic E-state index is 0.0891. The number of carboxylic acid groups (broad SMARTS) is 1. The predicted octanol–water partition coefficient (Wildman–Crippen LogP) is 2.96. The highest BCUT2D eigenvalue weighted by Crippen LogP contribution is 2.21. The lowest BCUT2D eigenvalue weighted by Gasteiger charge is -2.05. The fourth-order valence-electron chi connectivity index (χ4n) is 2.96. The molecule has 0 radical (unpaired) electrons. The Morgan fingerprint density at radius 3 is 2.37 bits per heavy atom. The molecule has 1 aromatic heterocycles. The summed E-state index contributed by atoms with van der Waals surface area (Å²) >= 11 is 0.854. The van der Waals surface area contributed by atoms with Crippen molar-refractivity contribution < 1.29 is 9.90 Å². The molecule has 0 aliphatic rings. The molecule has 0 spiro atoms. The smallest absolute Gasteiger partial charge is 0.346 e. The van der Waals surface area contributed by atoms with E-state index in [2.05, 4.69) is 0 Å². The molecule has 6 nitrogen and oxygen atoms in total. The average molecular weight is 378 g/mol. The first kappa shape index (κ1) is 17.0. The molecule has 4 rings (SSSR count). The molecule has 1 heterocycles. The Kier molecular flexibility index (Phi) is 4.21. The molecule has 4 aromatic rings. The van der Waals surface area contributed by atoms with Crippen molar-refractivity contribution in [2.24, 2.45) is 0 Å². The van der Waals surface area contributed by atoms with Gasteiger partial charge in [-0.1, -0.05) is 48.5 Å². The van der Waals surface area contributed by atoms with Gasteiger partial charge in [0, 0.05) is 16.9 Å². The number of fused-ring (bicyclic) bond motifs is 1. The van der Waals surface area contributed by atoms with Crippen LogP contribution in [0.1, 0.15) is 15.9 Å². The van der Waals surface area contributed by atoms with Gasteiger partial charge in [-0.05, 0) is 29.1 Å². The van der Waals surface area contributed by atoms with Crippen LogP contribution < -0.4 is 10.6 Å². The molecule has 0 saturated heterocycles. The minimum atomic E-state index is -1.02. The van der Waals surface area contributed by atoms with Gasteiger partial charge in [-0.25, -0.2) is 18.1 Å². The number of hydrogen-bond acceptors (Lipinski definition) is 4. The molecule has 7 heteroatoms. The average Bonchev–Trinajstić information content (AvgIpc) is 2.96. The second kappa shape index (κ2) is 6.69. The van der Waals surface area contributed by atoms with Gasteiger partial charge in [0.2, 0.25) is 0 Å². The molecule has 0 bridgehead atoms. The van der Waals surface area contributed by atoms with Crippen molar-refractivity contribution in [3.63, 3.8) is 0 Å². The maximum absolute atomic E-state index is 12.9. The zero-order valence-electron chi connectivity index (χ0n) is 14.0. The van der Waals surface area contributed by atoms with Crippen LogP contribution in [0.5, 0.6) is 0 Å². The van der Waals surface area contributed by atoms with Gasteiger partial charge < -0.3 is 5.11 Å². The molecular formula is C20H14N2O4S. The number of aromatic nitrogens is 2. The highest BCUT2D eigenvalue weighted by atomic mass is 32.1. The molecule has 27 heavy (non-hydrogen) atoms. The maximum atomic E-state index is 12.9. The van der Waals surface area contributed by atoms with Crippen molar-refractivity contribution in [1.29, 1.82) is 0 Å². The highest BCUT2D eigenvalue weighted by Gasteiger charge is 2.14. The summed E-state index contributed by atoms with van der Waals surface area (Å²) in [6.45, 7) is 0.0891. The van der Waals surface area contributed by atoms with Crippen LogP contribution in [0, 0.1) is 0 Å². The van der Waals surface area contributed by atoms with Crippen LogP contribution in [0.2, 0.25) is 0 Å². The van der Waals surface area contributed by atoms with Crippen LogP contribution >= 0.6 is 11.5 Å². The van der Waals surface area contributed by atoms with E-state index in [4.69, 9.17) is 5.11 Å². The maximum Gasteiger partial charge on any atom is 0.346 e. The molecule has 0 aliphatic heterocycles. The van der Waals surface area contributed by atoms with Gasteiger partial charge in [0.05, 0.1) is 17.8 Å². The van der Waals surface area contributed by atoms with Crippen molar-refractivity contribution in [1.82, 2.24) is 8.52 Å². The van der Waals surface area contributed by atoms with Crippen LogP contribution in [-0.4, -0.2) is 19.6 Å². The summed E-state index contributed by atoms with van der Waals surface area (Å²) in [6.07, 6.45) is 0. The Balaban J connectivity index is 1.77. The van der Waals surface area contributed by atoms with Crippen molar-refractivity contribution in [3.8, 4) is 5.69 Å². The molecule has 0 aliphatic carbocycles. The topological polar surface area (TPSA) is 81.3 Å². The normalized spacial score (nSPS) is 11.0. The Morgan fingerprint density at radius 1 is 0.926 bits per heavy atom. The van der Waals surface area contributed by atoms with Crippen LogP contribution in [0.15, 0.2) is 76.3 Å². The zero-order chi connectivity index (χ0) is 19.0. The Hall–Kier alpha value is -3.45. The van der Waals surface area contributed by atoms with E-state index in [0.717, 1.165) is 26.9 Å². The summed E-state index contributed by atoms with van der Waals surface area (Å²) in [7, 11) is 0. The van der Waals surface area contributed by atoms with E-state index in [1.54, 1.807) is 12.1 Å². The van der Waals surface area contributed by atoms with Crippen LogP contribution in [0.4, 0.5) is 0 Å². The van der Waals surface area contributed by atoms with Crippen molar-refractivity contribution in [3.05, 3.63) is 98.0 Å². The number of benzene rings is 3. The van der Waals surface area contributed by atoms with Gasteiger partial charge in [0.15, 0.2) is 0 Å². The third-order valence-corrected chi connectivity index (χ3v) is 5.23. The third kappa shape index (κ3) is 3.09. The van der Waals surface area contributed by atoms with Crippen LogP contribution in [0.25, 0.3) is 16.5 Å². The van der Waals surface area contributed by atoms with E-state index < -0.39 is 11.7 Å². The van der Waals surface area contributed by atoms with Gasteiger partial charge in [-0.2, -0.15) is 0 Å². The number of nitrogens with zero attached hydrogens (tertiary/aromatic N) is 2. The van der Waals surface area contributed by atoms with E-state index in [-0.39, 0.29) is 17.0 Å². The van der Waals surface area contributed by atoms with Crippen LogP contribution in [-0.2, 0) is 6.54 Å². The van der Waals surface area contributed by atoms with Crippen molar-refractivity contribution in [2.75, 3.05) is 0 Å². The van der Waals surface area contributed by atoms with E-state index in [0.29, 0.717) is 11.3 Å². The molecule has 0 amide bonds. The number of rotatable bonds is 4. The third-order valence-electron chi connectivity index (χ3n) is 4.32. The second-order valence-corrected chi connectivity index (χ2v) is 6.92. The van der Waals surface area contributed by atoms with Crippen molar-refractivity contribution >= 4 is 28.3 Å². The summed E-state index contributed by atoms with van der Waals surface area (Å²) in [5.41, 5.74) is 1.09. The first-order valence-corrected chi connectivity index (χ1v) is 8.95. The fraction of sp³-hybridized carbons (Fsp3) is 0.0500. The Morgan fingerprint density at radius 2 is 1.63 bits per heavy atom. The number of aromatic carboxylic acids is 1. The lowest BCUT2D eigenvalue weighted by molar-refractivity contribution is 0.0697. The Bertz CT molecular complexity index is 1260. The van der Waals surface area contributed by atoms with Gasteiger partial charge >= 0.3 is 16.5 Å². The monoisotopic (exact) mass is 378 g/mol.